The second kappa shape index (κ2) is 7.15. The number of nitrogens with one attached hydrogen (secondary N) is 1. The van der Waals surface area contributed by atoms with Gasteiger partial charge in [0.1, 0.15) is 11.3 Å². The zero-order chi connectivity index (χ0) is 19.7. The van der Waals surface area contributed by atoms with E-state index >= 15 is 0 Å². The van der Waals surface area contributed by atoms with E-state index in [1.54, 1.807) is 37.6 Å². The van der Waals surface area contributed by atoms with Crippen LogP contribution in [0.25, 0.3) is 10.9 Å². The number of halogens is 1. The van der Waals surface area contributed by atoms with Gasteiger partial charge in [0.25, 0.3) is 0 Å². The average molecular weight is 391 g/mol. The number of rotatable bonds is 5. The lowest BCUT2D eigenvalue weighted by atomic mass is 9.77. The molecule has 0 radical (unpaired) electrons. The van der Waals surface area contributed by atoms with Gasteiger partial charge in [0.15, 0.2) is 5.78 Å². The number of carbonyl (C=O) groups is 1. The fourth-order valence-electron chi connectivity index (χ4n) is 3.54. The molecule has 1 unspecified atom stereocenters. The van der Waals surface area contributed by atoms with Gasteiger partial charge in [-0.05, 0) is 23.8 Å². The third kappa shape index (κ3) is 2.87. The SMILES string of the molecule is COc1cccc(C(N)(C(=O)c2ccccc2)c2c[nH]c3c(Cl)cccc23)c1. The van der Waals surface area contributed by atoms with Gasteiger partial charge in [-0.2, -0.15) is 0 Å². The van der Waals surface area contributed by atoms with Crippen LogP contribution in [-0.4, -0.2) is 17.9 Å². The Balaban J connectivity index is 2.00. The average Bonchev–Trinajstić information content (AvgIpc) is 3.19. The van der Waals surface area contributed by atoms with Crippen molar-refractivity contribution in [1.29, 1.82) is 0 Å². The fourth-order valence-corrected chi connectivity index (χ4v) is 3.77. The number of aromatic nitrogens is 1. The van der Waals surface area contributed by atoms with Gasteiger partial charge < -0.3 is 15.5 Å². The van der Waals surface area contributed by atoms with Crippen molar-refractivity contribution in [3.63, 3.8) is 0 Å². The van der Waals surface area contributed by atoms with Crippen LogP contribution in [0, 0.1) is 0 Å². The highest BCUT2D eigenvalue weighted by Gasteiger charge is 2.40. The molecule has 0 saturated heterocycles. The number of H-pyrrole nitrogens is 1. The van der Waals surface area contributed by atoms with E-state index in [0.717, 1.165) is 10.9 Å². The maximum Gasteiger partial charge on any atom is 0.191 e. The summed E-state index contributed by atoms with van der Waals surface area (Å²) in [5.74, 6) is 0.424. The molecule has 4 nitrogen and oxygen atoms in total. The predicted molar refractivity (Wildman–Crippen MR) is 112 cm³/mol. The number of benzene rings is 3. The second-order valence-corrected chi connectivity index (χ2v) is 7.01. The molecular weight excluding hydrogens is 372 g/mol. The van der Waals surface area contributed by atoms with Gasteiger partial charge >= 0.3 is 0 Å². The van der Waals surface area contributed by atoms with E-state index in [1.807, 2.05) is 48.5 Å². The van der Waals surface area contributed by atoms with E-state index < -0.39 is 5.54 Å². The summed E-state index contributed by atoms with van der Waals surface area (Å²) in [7, 11) is 1.59. The number of ketones is 1. The van der Waals surface area contributed by atoms with E-state index in [0.29, 0.717) is 27.5 Å². The maximum absolute atomic E-state index is 13.7. The van der Waals surface area contributed by atoms with Crippen molar-refractivity contribution >= 4 is 28.3 Å². The predicted octanol–water partition coefficient (Wildman–Crippen LogP) is 4.92. The lowest BCUT2D eigenvalue weighted by molar-refractivity contribution is 0.0915. The topological polar surface area (TPSA) is 68.1 Å². The van der Waals surface area contributed by atoms with E-state index in [2.05, 4.69) is 4.98 Å². The van der Waals surface area contributed by atoms with Crippen molar-refractivity contribution in [3.05, 3.63) is 101 Å². The van der Waals surface area contributed by atoms with Crippen molar-refractivity contribution in [1.82, 2.24) is 4.98 Å². The molecule has 3 aromatic carbocycles. The lowest BCUT2D eigenvalue weighted by Crippen LogP contribution is -2.46. The molecule has 0 saturated carbocycles. The number of hydrogen-bond acceptors (Lipinski definition) is 3. The molecule has 0 aliphatic rings. The first-order chi connectivity index (χ1) is 13.6. The summed E-state index contributed by atoms with van der Waals surface area (Å²) >= 11 is 6.33. The molecule has 0 bridgehead atoms. The largest absolute Gasteiger partial charge is 0.497 e. The van der Waals surface area contributed by atoms with E-state index in [-0.39, 0.29) is 5.78 Å². The van der Waals surface area contributed by atoms with Crippen molar-refractivity contribution < 1.29 is 9.53 Å². The Morgan fingerprint density at radius 2 is 1.79 bits per heavy atom. The maximum atomic E-state index is 13.7. The summed E-state index contributed by atoms with van der Waals surface area (Å²) in [4.78, 5) is 16.9. The number of fused-ring (bicyclic) bond motifs is 1. The first-order valence-corrected chi connectivity index (χ1v) is 9.23. The highest BCUT2D eigenvalue weighted by atomic mass is 35.5. The van der Waals surface area contributed by atoms with Crippen LogP contribution in [0.1, 0.15) is 21.5 Å². The highest BCUT2D eigenvalue weighted by molar-refractivity contribution is 6.35. The molecule has 1 heterocycles. The third-order valence-corrected chi connectivity index (χ3v) is 5.32. The van der Waals surface area contributed by atoms with E-state index in [1.165, 1.54) is 0 Å². The van der Waals surface area contributed by atoms with Crippen LogP contribution in [0.4, 0.5) is 0 Å². The summed E-state index contributed by atoms with van der Waals surface area (Å²) in [6, 6.07) is 21.9. The number of carbonyl (C=O) groups excluding carboxylic acids is 1. The van der Waals surface area contributed by atoms with Gasteiger partial charge in [0.05, 0.1) is 17.6 Å². The number of nitrogens with two attached hydrogens (primary N) is 1. The molecule has 140 valence electrons. The Bertz CT molecular complexity index is 1150. The normalized spacial score (nSPS) is 13.2. The molecule has 0 fully saturated rings. The molecule has 0 aliphatic carbocycles. The Hall–Kier alpha value is -3.08. The van der Waals surface area contributed by atoms with Gasteiger partial charge in [-0.25, -0.2) is 0 Å². The number of hydrogen-bond donors (Lipinski definition) is 2. The van der Waals surface area contributed by atoms with Gasteiger partial charge in [0.2, 0.25) is 0 Å². The molecule has 4 rings (SSSR count). The molecule has 0 amide bonds. The quantitative estimate of drug-likeness (QED) is 0.475. The Morgan fingerprint density at radius 3 is 2.54 bits per heavy atom. The zero-order valence-electron chi connectivity index (χ0n) is 15.3. The Labute approximate surface area is 167 Å². The first-order valence-electron chi connectivity index (χ1n) is 8.85. The zero-order valence-corrected chi connectivity index (χ0v) is 16.0. The van der Waals surface area contributed by atoms with Gasteiger partial charge in [-0.1, -0.05) is 66.2 Å². The van der Waals surface area contributed by atoms with Gasteiger partial charge in [-0.3, -0.25) is 4.79 Å². The van der Waals surface area contributed by atoms with Crippen LogP contribution in [0.3, 0.4) is 0 Å². The smallest absolute Gasteiger partial charge is 0.191 e. The van der Waals surface area contributed by atoms with Crippen LogP contribution in [0.5, 0.6) is 5.75 Å². The minimum atomic E-state index is -1.42. The van der Waals surface area contributed by atoms with E-state index in [4.69, 9.17) is 22.1 Å². The Morgan fingerprint density at radius 1 is 1.04 bits per heavy atom. The number of Topliss-reactive ketones (excluding diaryl/α,β-unsaturated/α-hetero) is 1. The van der Waals surface area contributed by atoms with Crippen molar-refractivity contribution in [3.8, 4) is 5.75 Å². The van der Waals surface area contributed by atoms with Crippen LogP contribution in [0.2, 0.25) is 5.02 Å². The van der Waals surface area contributed by atoms with Crippen molar-refractivity contribution in [2.75, 3.05) is 7.11 Å². The fraction of sp³-hybridized carbons (Fsp3) is 0.0870. The standard InChI is InChI=1S/C23H19ClN2O2/c1-28-17-10-5-9-16(13-17)23(25,22(27)15-7-3-2-4-8-15)19-14-26-21-18(19)11-6-12-20(21)24/h2-14,26H,25H2,1H3. The van der Waals surface area contributed by atoms with Gasteiger partial charge in [-0.15, -0.1) is 0 Å². The molecule has 0 spiro atoms. The number of ether oxygens (including phenoxy) is 1. The Kier molecular flexibility index (Phi) is 4.67. The van der Waals surface area contributed by atoms with Crippen LogP contribution in [-0.2, 0) is 5.54 Å². The number of aromatic amines is 1. The molecule has 1 atom stereocenters. The molecule has 28 heavy (non-hydrogen) atoms. The monoisotopic (exact) mass is 390 g/mol. The van der Waals surface area contributed by atoms with Crippen LogP contribution < -0.4 is 10.5 Å². The van der Waals surface area contributed by atoms with E-state index in [9.17, 15) is 4.79 Å². The lowest BCUT2D eigenvalue weighted by Gasteiger charge is -2.29. The molecule has 5 heteroatoms. The third-order valence-electron chi connectivity index (χ3n) is 5.01. The van der Waals surface area contributed by atoms with Crippen molar-refractivity contribution in [2.45, 2.75) is 5.54 Å². The molecule has 3 N–H and O–H groups in total. The molecular formula is C23H19ClN2O2. The summed E-state index contributed by atoms with van der Waals surface area (Å²) < 4.78 is 5.36. The van der Waals surface area contributed by atoms with Crippen LogP contribution >= 0.6 is 11.6 Å². The second-order valence-electron chi connectivity index (χ2n) is 6.60. The minimum Gasteiger partial charge on any atom is -0.497 e. The first kappa shape index (κ1) is 18.3. The summed E-state index contributed by atoms with van der Waals surface area (Å²) in [5, 5.41) is 1.38. The number of methoxy groups -OCH3 is 1. The van der Waals surface area contributed by atoms with Crippen molar-refractivity contribution in [2.24, 2.45) is 5.73 Å². The number of para-hydroxylation sites is 1. The molecule has 1 aromatic heterocycles. The summed E-state index contributed by atoms with van der Waals surface area (Å²) in [6.07, 6.45) is 1.76. The summed E-state index contributed by atoms with van der Waals surface area (Å²) in [5.41, 5.74) is 8.09. The summed E-state index contributed by atoms with van der Waals surface area (Å²) in [6.45, 7) is 0. The molecule has 0 aliphatic heterocycles. The van der Waals surface area contributed by atoms with Crippen LogP contribution in [0.15, 0.2) is 79.0 Å². The minimum absolute atomic E-state index is 0.206. The highest BCUT2D eigenvalue weighted by Crippen LogP contribution is 2.38. The molecule has 4 aromatic rings. The van der Waals surface area contributed by atoms with Gasteiger partial charge in [0, 0.05) is 22.7 Å².